The Kier molecular flexibility index (Phi) is 4.41. The third-order valence-corrected chi connectivity index (χ3v) is 3.41. The monoisotopic (exact) mass is 269 g/mol. The molecule has 3 nitrogen and oxygen atoms in total. The van der Waals surface area contributed by atoms with Crippen molar-refractivity contribution in [1.82, 2.24) is 9.97 Å². The van der Waals surface area contributed by atoms with Crippen LogP contribution in [0, 0.1) is 17.1 Å². The molecule has 1 heterocycles. The Morgan fingerprint density at radius 3 is 2.40 bits per heavy atom. The van der Waals surface area contributed by atoms with Crippen LogP contribution in [0.25, 0.3) is 0 Å². The molecule has 0 aliphatic carbocycles. The van der Waals surface area contributed by atoms with Crippen molar-refractivity contribution in [2.45, 2.75) is 31.6 Å². The Bertz CT molecular complexity index is 589. The van der Waals surface area contributed by atoms with Gasteiger partial charge in [0.2, 0.25) is 0 Å². The van der Waals surface area contributed by atoms with E-state index in [1.54, 1.807) is 24.5 Å². The van der Waals surface area contributed by atoms with Crippen LogP contribution in [0.3, 0.4) is 0 Å². The van der Waals surface area contributed by atoms with E-state index in [1.807, 2.05) is 6.92 Å². The molecule has 2 aromatic rings. The summed E-state index contributed by atoms with van der Waals surface area (Å²) in [6.07, 6.45) is 7.03. The quantitative estimate of drug-likeness (QED) is 0.835. The third kappa shape index (κ3) is 3.00. The van der Waals surface area contributed by atoms with Crippen molar-refractivity contribution >= 4 is 0 Å². The van der Waals surface area contributed by atoms with Crippen LogP contribution in [-0.4, -0.2) is 9.97 Å². The molecular weight excluding hydrogens is 253 g/mol. The van der Waals surface area contributed by atoms with Crippen LogP contribution < -0.4 is 0 Å². The van der Waals surface area contributed by atoms with Gasteiger partial charge in [-0.2, -0.15) is 5.26 Å². The summed E-state index contributed by atoms with van der Waals surface area (Å²) in [5.41, 5.74) is 1.09. The Balaban J connectivity index is 2.40. The van der Waals surface area contributed by atoms with Gasteiger partial charge in [-0.3, -0.25) is 0 Å². The minimum atomic E-state index is -0.660. The molecule has 1 aromatic carbocycles. The number of rotatable bonds is 5. The predicted octanol–water partition coefficient (Wildman–Crippen LogP) is 3.42. The molecule has 0 bridgehead atoms. The van der Waals surface area contributed by atoms with Crippen LogP contribution in [0.1, 0.15) is 30.9 Å². The summed E-state index contributed by atoms with van der Waals surface area (Å²) < 4.78 is 13.1. The zero-order chi connectivity index (χ0) is 14.4. The summed E-state index contributed by atoms with van der Waals surface area (Å²) in [5, 5.41) is 9.71. The number of nitriles is 1. The van der Waals surface area contributed by atoms with Gasteiger partial charge in [-0.05, 0) is 36.1 Å². The normalized spacial score (nSPS) is 13.4. The van der Waals surface area contributed by atoms with Crippen LogP contribution in [-0.2, 0) is 11.8 Å². The van der Waals surface area contributed by atoms with E-state index in [1.165, 1.54) is 18.5 Å². The molecule has 0 aliphatic rings. The number of aromatic nitrogens is 2. The van der Waals surface area contributed by atoms with Gasteiger partial charge in [0.05, 0.1) is 11.5 Å². The van der Waals surface area contributed by atoms with Gasteiger partial charge in [0, 0.05) is 12.4 Å². The molecule has 0 saturated heterocycles. The highest BCUT2D eigenvalue weighted by Gasteiger charge is 2.32. The van der Waals surface area contributed by atoms with Crippen LogP contribution >= 0.6 is 0 Å². The molecule has 0 saturated carbocycles. The molecule has 2 rings (SSSR count). The van der Waals surface area contributed by atoms with Crippen molar-refractivity contribution in [2.24, 2.45) is 0 Å². The molecule has 0 spiro atoms. The van der Waals surface area contributed by atoms with E-state index in [4.69, 9.17) is 0 Å². The second-order valence-electron chi connectivity index (χ2n) is 4.87. The van der Waals surface area contributed by atoms with Crippen molar-refractivity contribution < 1.29 is 4.39 Å². The van der Waals surface area contributed by atoms with Gasteiger partial charge in [0.15, 0.2) is 0 Å². The smallest absolute Gasteiger partial charge is 0.123 e. The van der Waals surface area contributed by atoms with Gasteiger partial charge in [0.25, 0.3) is 0 Å². The lowest BCUT2D eigenvalue weighted by Crippen LogP contribution is -2.27. The first kappa shape index (κ1) is 14.1. The summed E-state index contributed by atoms with van der Waals surface area (Å²) >= 11 is 0. The molecule has 1 atom stereocenters. The van der Waals surface area contributed by atoms with E-state index in [0.29, 0.717) is 12.8 Å². The Morgan fingerprint density at radius 2 is 1.85 bits per heavy atom. The standard InChI is InChI=1S/C16H16FN3/c1-2-7-16(11-18,8-13-9-19-12-20-10-13)14-3-5-15(17)6-4-14/h3-6,9-10,12H,2,7-8H2,1H3. The number of hydrogen-bond acceptors (Lipinski definition) is 3. The van der Waals surface area contributed by atoms with Crippen molar-refractivity contribution in [2.75, 3.05) is 0 Å². The zero-order valence-electron chi connectivity index (χ0n) is 11.4. The van der Waals surface area contributed by atoms with Crippen molar-refractivity contribution in [3.05, 3.63) is 59.9 Å². The minimum absolute atomic E-state index is 0.292. The molecule has 0 radical (unpaired) electrons. The number of nitrogens with zero attached hydrogens (tertiary/aromatic N) is 3. The van der Waals surface area contributed by atoms with Gasteiger partial charge in [-0.25, -0.2) is 14.4 Å². The fourth-order valence-corrected chi connectivity index (χ4v) is 2.46. The molecule has 0 amide bonds. The maximum Gasteiger partial charge on any atom is 0.123 e. The van der Waals surface area contributed by atoms with Crippen molar-refractivity contribution in [3.63, 3.8) is 0 Å². The number of halogens is 1. The Hall–Kier alpha value is -2.28. The summed E-state index contributed by atoms with van der Waals surface area (Å²) in [6, 6.07) is 8.61. The molecule has 1 unspecified atom stereocenters. The van der Waals surface area contributed by atoms with E-state index >= 15 is 0 Å². The second-order valence-corrected chi connectivity index (χ2v) is 4.87. The molecule has 0 fully saturated rings. The van der Waals surface area contributed by atoms with Crippen LogP contribution in [0.5, 0.6) is 0 Å². The van der Waals surface area contributed by atoms with E-state index in [2.05, 4.69) is 16.0 Å². The highest BCUT2D eigenvalue weighted by Crippen LogP contribution is 2.32. The molecule has 1 aromatic heterocycles. The van der Waals surface area contributed by atoms with Gasteiger partial charge >= 0.3 is 0 Å². The summed E-state index contributed by atoms with van der Waals surface area (Å²) in [4.78, 5) is 7.98. The maximum atomic E-state index is 13.1. The predicted molar refractivity (Wildman–Crippen MR) is 74.3 cm³/mol. The van der Waals surface area contributed by atoms with E-state index in [9.17, 15) is 9.65 Å². The summed E-state index contributed by atoms with van der Waals surface area (Å²) in [6.45, 7) is 2.04. The van der Waals surface area contributed by atoms with Gasteiger partial charge in [-0.15, -0.1) is 0 Å². The van der Waals surface area contributed by atoms with Crippen LogP contribution in [0.4, 0.5) is 4.39 Å². The topological polar surface area (TPSA) is 49.6 Å². The van der Waals surface area contributed by atoms with Crippen LogP contribution in [0.2, 0.25) is 0 Å². The Labute approximate surface area is 118 Å². The van der Waals surface area contributed by atoms with Crippen molar-refractivity contribution in [3.8, 4) is 6.07 Å². The van der Waals surface area contributed by atoms with E-state index in [-0.39, 0.29) is 5.82 Å². The minimum Gasteiger partial charge on any atom is -0.245 e. The number of benzene rings is 1. The van der Waals surface area contributed by atoms with Gasteiger partial charge in [-0.1, -0.05) is 25.5 Å². The average Bonchev–Trinajstić information content (AvgIpc) is 2.48. The van der Waals surface area contributed by atoms with Crippen LogP contribution in [0.15, 0.2) is 43.0 Å². The molecule has 0 N–H and O–H groups in total. The Morgan fingerprint density at radius 1 is 1.20 bits per heavy atom. The lowest BCUT2D eigenvalue weighted by Gasteiger charge is -2.26. The fourth-order valence-electron chi connectivity index (χ4n) is 2.46. The third-order valence-electron chi connectivity index (χ3n) is 3.41. The van der Waals surface area contributed by atoms with E-state index in [0.717, 1.165) is 17.5 Å². The van der Waals surface area contributed by atoms with Gasteiger partial charge in [0.1, 0.15) is 12.1 Å². The fraction of sp³-hybridized carbons (Fsp3) is 0.312. The molecule has 4 heteroatoms. The van der Waals surface area contributed by atoms with Crippen molar-refractivity contribution in [1.29, 1.82) is 5.26 Å². The molecule has 102 valence electrons. The van der Waals surface area contributed by atoms with E-state index < -0.39 is 5.41 Å². The zero-order valence-corrected chi connectivity index (χ0v) is 11.4. The maximum absolute atomic E-state index is 13.1. The average molecular weight is 269 g/mol. The first-order valence-electron chi connectivity index (χ1n) is 6.61. The molecule has 0 aliphatic heterocycles. The highest BCUT2D eigenvalue weighted by atomic mass is 19.1. The summed E-state index contributed by atoms with van der Waals surface area (Å²) in [7, 11) is 0. The first-order chi connectivity index (χ1) is 9.70. The molecular formula is C16H16FN3. The second kappa shape index (κ2) is 6.25. The highest BCUT2D eigenvalue weighted by molar-refractivity contribution is 5.35. The summed E-state index contributed by atoms with van der Waals surface area (Å²) in [5.74, 6) is -0.292. The lowest BCUT2D eigenvalue weighted by atomic mass is 9.74. The lowest BCUT2D eigenvalue weighted by molar-refractivity contribution is 0.489. The largest absolute Gasteiger partial charge is 0.245 e. The SMILES string of the molecule is CCCC(C#N)(Cc1cncnc1)c1ccc(F)cc1. The first-order valence-corrected chi connectivity index (χ1v) is 6.61. The molecule has 20 heavy (non-hydrogen) atoms. The van der Waals surface area contributed by atoms with Gasteiger partial charge < -0.3 is 0 Å². The number of hydrogen-bond donors (Lipinski definition) is 0.